The molecule has 5 nitrogen and oxygen atoms in total. The monoisotopic (exact) mass is 273 g/mol. The number of carbonyl (C=O) groups is 1. The van der Waals surface area contributed by atoms with Gasteiger partial charge in [0.25, 0.3) is 5.91 Å². The number of aromatic nitrogens is 2. The van der Waals surface area contributed by atoms with Crippen molar-refractivity contribution in [2.75, 3.05) is 6.54 Å². The maximum atomic E-state index is 12.0. The van der Waals surface area contributed by atoms with Crippen molar-refractivity contribution < 1.29 is 9.90 Å². The van der Waals surface area contributed by atoms with Crippen LogP contribution in [-0.4, -0.2) is 33.4 Å². The number of hydrogen-bond acceptors (Lipinski definition) is 3. The van der Waals surface area contributed by atoms with Gasteiger partial charge < -0.3 is 10.4 Å². The van der Waals surface area contributed by atoms with Crippen molar-refractivity contribution in [1.82, 2.24) is 15.1 Å². The Bertz CT molecular complexity index is 418. The molecule has 0 saturated heterocycles. The predicted octanol–water partition coefficient (Wildman–Crippen LogP) is 1.53. The van der Waals surface area contributed by atoms with Gasteiger partial charge in [-0.25, -0.2) is 0 Å². The number of aliphatic hydroxyl groups is 1. The maximum Gasteiger partial charge on any atom is 0.256 e. The smallest absolute Gasteiger partial charge is 0.256 e. The lowest BCUT2D eigenvalue weighted by atomic mass is 10.2. The fourth-order valence-corrected chi connectivity index (χ4v) is 1.91. The van der Waals surface area contributed by atoms with Gasteiger partial charge in [0.15, 0.2) is 0 Å². The number of nitrogens with one attached hydrogen (secondary N) is 1. The van der Waals surface area contributed by atoms with Gasteiger partial charge in [0.05, 0.1) is 17.4 Å². The number of carbonyl (C=O) groups excluding carboxylic acids is 1. The molecule has 0 aliphatic heterocycles. The van der Waals surface area contributed by atoms with Crippen molar-refractivity contribution in [1.29, 1.82) is 0 Å². The van der Waals surface area contributed by atoms with E-state index in [1.165, 1.54) is 4.68 Å². The number of amides is 1. The molecule has 1 unspecified atom stereocenters. The van der Waals surface area contributed by atoms with Crippen LogP contribution in [0.2, 0.25) is 5.15 Å². The topological polar surface area (TPSA) is 67.2 Å². The zero-order valence-electron chi connectivity index (χ0n) is 11.0. The summed E-state index contributed by atoms with van der Waals surface area (Å²) in [4.78, 5) is 12.0. The van der Waals surface area contributed by atoms with E-state index in [1.54, 1.807) is 7.05 Å². The van der Waals surface area contributed by atoms with Gasteiger partial charge in [-0.05, 0) is 19.3 Å². The summed E-state index contributed by atoms with van der Waals surface area (Å²) in [5, 5.41) is 16.7. The summed E-state index contributed by atoms with van der Waals surface area (Å²) in [6.45, 7) is 4.26. The SMILES string of the molecule is CCc1nn(C)c(Cl)c1C(=O)NCCC(O)CC. The second kappa shape index (κ2) is 6.75. The first-order valence-electron chi connectivity index (χ1n) is 6.18. The van der Waals surface area contributed by atoms with Crippen LogP contribution in [0.1, 0.15) is 42.7 Å². The molecular formula is C12H20ClN3O2. The Hall–Kier alpha value is -1.07. The third-order valence-corrected chi connectivity index (χ3v) is 3.28. The number of nitrogens with zero attached hydrogens (tertiary/aromatic N) is 2. The fourth-order valence-electron chi connectivity index (χ4n) is 1.67. The first-order chi connectivity index (χ1) is 8.51. The van der Waals surface area contributed by atoms with Gasteiger partial charge in [-0.15, -0.1) is 0 Å². The lowest BCUT2D eigenvalue weighted by Crippen LogP contribution is -2.27. The Kier molecular flexibility index (Phi) is 5.62. The number of halogens is 1. The molecule has 0 aliphatic carbocycles. The molecule has 18 heavy (non-hydrogen) atoms. The van der Waals surface area contributed by atoms with E-state index in [0.717, 1.165) is 0 Å². The highest BCUT2D eigenvalue weighted by Crippen LogP contribution is 2.19. The summed E-state index contributed by atoms with van der Waals surface area (Å²) in [5.74, 6) is -0.228. The van der Waals surface area contributed by atoms with E-state index in [-0.39, 0.29) is 12.0 Å². The number of hydrogen-bond donors (Lipinski definition) is 2. The number of aryl methyl sites for hydroxylation is 2. The van der Waals surface area contributed by atoms with Crippen molar-refractivity contribution in [2.24, 2.45) is 7.05 Å². The Labute approximate surface area is 112 Å². The fraction of sp³-hybridized carbons (Fsp3) is 0.667. The summed E-state index contributed by atoms with van der Waals surface area (Å²) in [7, 11) is 1.71. The van der Waals surface area contributed by atoms with E-state index >= 15 is 0 Å². The molecule has 0 bridgehead atoms. The molecule has 0 radical (unpaired) electrons. The lowest BCUT2D eigenvalue weighted by Gasteiger charge is -2.08. The van der Waals surface area contributed by atoms with Crippen molar-refractivity contribution in [2.45, 2.75) is 39.2 Å². The van der Waals surface area contributed by atoms with E-state index in [2.05, 4.69) is 10.4 Å². The standard InChI is InChI=1S/C12H20ClN3O2/c1-4-8(17)6-7-14-12(18)10-9(5-2)15-16(3)11(10)13/h8,17H,4-7H2,1-3H3,(H,14,18). The highest BCUT2D eigenvalue weighted by atomic mass is 35.5. The Morgan fingerprint density at radius 3 is 2.78 bits per heavy atom. The molecule has 6 heteroatoms. The van der Waals surface area contributed by atoms with Crippen LogP contribution in [0.3, 0.4) is 0 Å². The quantitative estimate of drug-likeness (QED) is 0.826. The van der Waals surface area contributed by atoms with Crippen LogP contribution in [0.15, 0.2) is 0 Å². The van der Waals surface area contributed by atoms with Crippen molar-refractivity contribution in [3.05, 3.63) is 16.4 Å². The molecule has 1 aromatic heterocycles. The molecule has 0 spiro atoms. The van der Waals surface area contributed by atoms with E-state index in [1.807, 2.05) is 13.8 Å². The van der Waals surface area contributed by atoms with E-state index in [9.17, 15) is 9.90 Å². The maximum absolute atomic E-state index is 12.0. The van der Waals surface area contributed by atoms with Gasteiger partial charge in [-0.2, -0.15) is 5.10 Å². The summed E-state index contributed by atoms with van der Waals surface area (Å²) in [6.07, 6.45) is 1.51. The number of aliphatic hydroxyl groups excluding tert-OH is 1. The lowest BCUT2D eigenvalue weighted by molar-refractivity contribution is 0.0941. The first kappa shape index (κ1) is 15.0. The zero-order valence-corrected chi connectivity index (χ0v) is 11.8. The molecule has 1 rings (SSSR count). The van der Waals surface area contributed by atoms with Crippen LogP contribution in [0.25, 0.3) is 0 Å². The molecule has 1 amide bonds. The molecule has 1 aromatic rings. The molecular weight excluding hydrogens is 254 g/mol. The van der Waals surface area contributed by atoms with Crippen molar-refractivity contribution >= 4 is 17.5 Å². The minimum atomic E-state index is -0.375. The second-order valence-electron chi connectivity index (χ2n) is 4.20. The van der Waals surface area contributed by atoms with Gasteiger partial charge >= 0.3 is 0 Å². The molecule has 2 N–H and O–H groups in total. The summed E-state index contributed by atoms with van der Waals surface area (Å²) in [6, 6.07) is 0. The second-order valence-corrected chi connectivity index (χ2v) is 4.55. The normalized spacial score (nSPS) is 12.5. The van der Waals surface area contributed by atoms with Crippen LogP contribution in [0.4, 0.5) is 0 Å². The molecule has 102 valence electrons. The molecule has 0 aromatic carbocycles. The average molecular weight is 274 g/mol. The van der Waals surface area contributed by atoms with Gasteiger partial charge in [-0.1, -0.05) is 25.4 Å². The summed E-state index contributed by atoms with van der Waals surface area (Å²) >= 11 is 6.05. The van der Waals surface area contributed by atoms with Crippen LogP contribution in [0.5, 0.6) is 0 Å². The Morgan fingerprint density at radius 1 is 1.56 bits per heavy atom. The minimum absolute atomic E-state index is 0.228. The first-order valence-corrected chi connectivity index (χ1v) is 6.56. The molecule has 0 saturated carbocycles. The Balaban J connectivity index is 2.67. The van der Waals surface area contributed by atoms with Crippen LogP contribution in [0, 0.1) is 0 Å². The third kappa shape index (κ3) is 3.46. The van der Waals surface area contributed by atoms with Crippen LogP contribution in [-0.2, 0) is 13.5 Å². The summed E-state index contributed by atoms with van der Waals surface area (Å²) in [5.41, 5.74) is 1.13. The van der Waals surface area contributed by atoms with Crippen molar-refractivity contribution in [3.8, 4) is 0 Å². The highest BCUT2D eigenvalue weighted by Gasteiger charge is 2.20. The average Bonchev–Trinajstić information content (AvgIpc) is 2.64. The predicted molar refractivity (Wildman–Crippen MR) is 70.8 cm³/mol. The largest absolute Gasteiger partial charge is 0.393 e. The molecule has 0 aliphatic rings. The highest BCUT2D eigenvalue weighted by molar-refractivity contribution is 6.33. The van der Waals surface area contributed by atoms with E-state index in [0.29, 0.717) is 42.2 Å². The van der Waals surface area contributed by atoms with Crippen LogP contribution < -0.4 is 5.32 Å². The van der Waals surface area contributed by atoms with Crippen molar-refractivity contribution in [3.63, 3.8) is 0 Å². The van der Waals surface area contributed by atoms with E-state index < -0.39 is 0 Å². The van der Waals surface area contributed by atoms with Gasteiger partial charge in [0, 0.05) is 13.6 Å². The van der Waals surface area contributed by atoms with Gasteiger partial charge in [0.1, 0.15) is 5.15 Å². The molecule has 1 heterocycles. The Morgan fingerprint density at radius 2 is 2.22 bits per heavy atom. The van der Waals surface area contributed by atoms with E-state index in [4.69, 9.17) is 11.6 Å². The minimum Gasteiger partial charge on any atom is -0.393 e. The molecule has 1 atom stereocenters. The summed E-state index contributed by atoms with van der Waals surface area (Å²) < 4.78 is 1.50. The third-order valence-electron chi connectivity index (χ3n) is 2.85. The van der Waals surface area contributed by atoms with Gasteiger partial charge in [-0.3, -0.25) is 9.48 Å². The van der Waals surface area contributed by atoms with Crippen LogP contribution >= 0.6 is 11.6 Å². The molecule has 0 fully saturated rings. The zero-order chi connectivity index (χ0) is 13.7. The number of rotatable bonds is 6. The van der Waals surface area contributed by atoms with Gasteiger partial charge in [0.2, 0.25) is 0 Å².